The van der Waals surface area contributed by atoms with Crippen molar-refractivity contribution >= 4 is 28.5 Å². The van der Waals surface area contributed by atoms with Crippen molar-refractivity contribution in [3.8, 4) is 23.0 Å². The molecule has 0 aromatic heterocycles. The standard InChI is InChI=1S/C18H18BBrO4/c1-17(2)18(3,4)24-19(23-17)11-5-7-13-15(9-11)22-16-10-12(20)6-8-14(16)21-13/h5-10H,1-4H3. The average Bonchev–Trinajstić information content (AvgIpc) is 2.73. The second-order valence-corrected chi connectivity index (χ2v) is 8.01. The Hall–Kier alpha value is -1.50. The second-order valence-electron chi connectivity index (χ2n) is 7.09. The van der Waals surface area contributed by atoms with Crippen LogP contribution in [0.2, 0.25) is 0 Å². The highest BCUT2D eigenvalue weighted by Crippen LogP contribution is 2.46. The van der Waals surface area contributed by atoms with Gasteiger partial charge < -0.3 is 18.8 Å². The number of benzene rings is 2. The molecule has 0 radical (unpaired) electrons. The Kier molecular flexibility index (Phi) is 3.50. The molecule has 1 saturated heterocycles. The maximum absolute atomic E-state index is 6.10. The molecule has 0 amide bonds. The maximum Gasteiger partial charge on any atom is 0.494 e. The molecule has 0 aliphatic carbocycles. The summed E-state index contributed by atoms with van der Waals surface area (Å²) >= 11 is 3.45. The van der Waals surface area contributed by atoms with Gasteiger partial charge in [-0.15, -0.1) is 0 Å². The van der Waals surface area contributed by atoms with Gasteiger partial charge >= 0.3 is 7.12 Å². The Morgan fingerprint density at radius 1 is 0.750 bits per heavy atom. The largest absolute Gasteiger partial charge is 0.494 e. The predicted molar refractivity (Wildman–Crippen MR) is 96.4 cm³/mol. The Morgan fingerprint density at radius 2 is 1.29 bits per heavy atom. The highest BCUT2D eigenvalue weighted by Gasteiger charge is 2.51. The summed E-state index contributed by atoms with van der Waals surface area (Å²) in [5, 5.41) is 0. The third-order valence-electron chi connectivity index (χ3n) is 4.84. The van der Waals surface area contributed by atoms with Crippen molar-refractivity contribution in [1.29, 1.82) is 0 Å². The summed E-state index contributed by atoms with van der Waals surface area (Å²) in [6, 6.07) is 11.5. The lowest BCUT2D eigenvalue weighted by Crippen LogP contribution is -2.41. The fraction of sp³-hybridized carbons (Fsp3) is 0.333. The summed E-state index contributed by atoms with van der Waals surface area (Å²) in [5.74, 6) is 2.73. The summed E-state index contributed by atoms with van der Waals surface area (Å²) in [4.78, 5) is 0. The minimum atomic E-state index is -0.423. The van der Waals surface area contributed by atoms with Crippen LogP contribution in [0, 0.1) is 0 Å². The van der Waals surface area contributed by atoms with E-state index in [0.29, 0.717) is 23.0 Å². The van der Waals surface area contributed by atoms with E-state index in [1.54, 1.807) is 0 Å². The van der Waals surface area contributed by atoms with Gasteiger partial charge in [0.15, 0.2) is 23.0 Å². The second kappa shape index (κ2) is 5.25. The van der Waals surface area contributed by atoms with E-state index in [-0.39, 0.29) is 11.2 Å². The number of halogens is 1. The molecule has 0 saturated carbocycles. The van der Waals surface area contributed by atoms with Crippen LogP contribution in [0.5, 0.6) is 23.0 Å². The van der Waals surface area contributed by atoms with E-state index < -0.39 is 7.12 Å². The molecule has 4 rings (SSSR count). The van der Waals surface area contributed by atoms with Crippen molar-refractivity contribution in [3.05, 3.63) is 40.9 Å². The van der Waals surface area contributed by atoms with Crippen molar-refractivity contribution in [3.63, 3.8) is 0 Å². The van der Waals surface area contributed by atoms with Gasteiger partial charge in [-0.3, -0.25) is 0 Å². The third kappa shape index (κ3) is 2.53. The summed E-state index contributed by atoms with van der Waals surface area (Å²) in [7, 11) is -0.423. The van der Waals surface area contributed by atoms with Crippen molar-refractivity contribution in [2.45, 2.75) is 38.9 Å². The van der Waals surface area contributed by atoms with Gasteiger partial charge in [-0.05, 0) is 63.5 Å². The lowest BCUT2D eigenvalue weighted by atomic mass is 9.79. The monoisotopic (exact) mass is 388 g/mol. The summed E-state index contributed by atoms with van der Waals surface area (Å²) < 4.78 is 25.0. The molecule has 1 fully saturated rings. The molecule has 0 N–H and O–H groups in total. The molecule has 0 bridgehead atoms. The first-order valence-electron chi connectivity index (χ1n) is 7.90. The highest BCUT2D eigenvalue weighted by molar-refractivity contribution is 9.10. The Labute approximate surface area is 150 Å². The van der Waals surface area contributed by atoms with E-state index >= 15 is 0 Å². The smallest absolute Gasteiger partial charge is 0.450 e. The zero-order chi connectivity index (χ0) is 17.1. The quantitative estimate of drug-likeness (QED) is 0.568. The van der Waals surface area contributed by atoms with Crippen molar-refractivity contribution in [1.82, 2.24) is 0 Å². The van der Waals surface area contributed by atoms with E-state index in [2.05, 4.69) is 15.9 Å². The zero-order valence-electron chi connectivity index (χ0n) is 14.1. The number of fused-ring (bicyclic) bond motifs is 2. The molecular formula is C18H18BBrO4. The van der Waals surface area contributed by atoms with Gasteiger partial charge in [0.2, 0.25) is 0 Å². The highest BCUT2D eigenvalue weighted by atomic mass is 79.9. The van der Waals surface area contributed by atoms with Crippen LogP contribution < -0.4 is 14.9 Å². The molecule has 2 heterocycles. The molecule has 24 heavy (non-hydrogen) atoms. The average molecular weight is 389 g/mol. The van der Waals surface area contributed by atoms with Crippen LogP contribution in [0.1, 0.15) is 27.7 Å². The zero-order valence-corrected chi connectivity index (χ0v) is 15.6. The fourth-order valence-electron chi connectivity index (χ4n) is 2.70. The van der Waals surface area contributed by atoms with Gasteiger partial charge in [0.1, 0.15) is 0 Å². The molecule has 0 spiro atoms. The SMILES string of the molecule is CC1(C)OB(c2ccc3c(c2)Oc2cc(Br)ccc2O3)OC1(C)C. The van der Waals surface area contributed by atoms with Crippen LogP contribution in [0.3, 0.4) is 0 Å². The van der Waals surface area contributed by atoms with E-state index in [1.807, 2.05) is 64.1 Å². The third-order valence-corrected chi connectivity index (χ3v) is 5.33. The van der Waals surface area contributed by atoms with E-state index in [4.69, 9.17) is 18.8 Å². The molecular weight excluding hydrogens is 371 g/mol. The summed E-state index contributed by atoms with van der Waals surface area (Å²) in [6.45, 7) is 8.16. The molecule has 6 heteroatoms. The lowest BCUT2D eigenvalue weighted by molar-refractivity contribution is 0.00578. The minimum Gasteiger partial charge on any atom is -0.450 e. The van der Waals surface area contributed by atoms with Crippen LogP contribution >= 0.6 is 15.9 Å². The van der Waals surface area contributed by atoms with Crippen LogP contribution in [0.25, 0.3) is 0 Å². The molecule has 124 valence electrons. The van der Waals surface area contributed by atoms with E-state index in [9.17, 15) is 0 Å². The van der Waals surface area contributed by atoms with Gasteiger partial charge in [0.25, 0.3) is 0 Å². The van der Waals surface area contributed by atoms with Crippen LogP contribution in [-0.2, 0) is 9.31 Å². The van der Waals surface area contributed by atoms with Crippen LogP contribution in [0.4, 0.5) is 0 Å². The Morgan fingerprint density at radius 3 is 1.96 bits per heavy atom. The fourth-order valence-corrected chi connectivity index (χ4v) is 3.04. The van der Waals surface area contributed by atoms with Crippen molar-refractivity contribution < 1.29 is 18.8 Å². The van der Waals surface area contributed by atoms with E-state index in [1.165, 1.54) is 0 Å². The normalized spacial score (nSPS) is 20.0. The van der Waals surface area contributed by atoms with Crippen LogP contribution in [0.15, 0.2) is 40.9 Å². The predicted octanol–water partition coefficient (Wildman–Crippen LogP) is 4.65. The molecule has 2 aliphatic rings. The van der Waals surface area contributed by atoms with Gasteiger partial charge in [0.05, 0.1) is 11.2 Å². The minimum absolute atomic E-state index is 0.373. The molecule has 0 atom stereocenters. The van der Waals surface area contributed by atoms with Crippen molar-refractivity contribution in [2.75, 3.05) is 0 Å². The van der Waals surface area contributed by atoms with Gasteiger partial charge in [-0.25, -0.2) is 0 Å². The van der Waals surface area contributed by atoms with E-state index in [0.717, 1.165) is 9.94 Å². The van der Waals surface area contributed by atoms with Gasteiger partial charge in [-0.2, -0.15) is 0 Å². The first-order valence-corrected chi connectivity index (χ1v) is 8.69. The number of rotatable bonds is 1. The van der Waals surface area contributed by atoms with Crippen LogP contribution in [-0.4, -0.2) is 18.3 Å². The van der Waals surface area contributed by atoms with Gasteiger partial charge in [0, 0.05) is 4.47 Å². The molecule has 4 nitrogen and oxygen atoms in total. The lowest BCUT2D eigenvalue weighted by Gasteiger charge is -2.32. The molecule has 0 unspecified atom stereocenters. The maximum atomic E-state index is 6.10. The topological polar surface area (TPSA) is 36.9 Å². The first kappa shape index (κ1) is 16.0. The summed E-state index contributed by atoms with van der Waals surface area (Å²) in [6.07, 6.45) is 0. The molecule has 2 aromatic rings. The first-order chi connectivity index (χ1) is 11.2. The molecule has 2 aliphatic heterocycles. The number of hydrogen-bond acceptors (Lipinski definition) is 4. The molecule has 2 aromatic carbocycles. The Bertz CT molecular complexity index is 803. The van der Waals surface area contributed by atoms with Gasteiger partial charge in [-0.1, -0.05) is 22.0 Å². The summed E-state index contributed by atoms with van der Waals surface area (Å²) in [5.41, 5.74) is 0.166. The Balaban J connectivity index is 1.65. The van der Waals surface area contributed by atoms with Crippen molar-refractivity contribution in [2.24, 2.45) is 0 Å². The number of hydrogen-bond donors (Lipinski definition) is 0. The number of ether oxygens (including phenoxy) is 2.